The van der Waals surface area contributed by atoms with E-state index in [-0.39, 0.29) is 5.41 Å². The Balaban J connectivity index is 2.22. The van der Waals surface area contributed by atoms with E-state index in [9.17, 15) is 4.79 Å². The number of hydrogen-bond acceptors (Lipinski definition) is 2. The fourth-order valence-electron chi connectivity index (χ4n) is 3.63. The van der Waals surface area contributed by atoms with Crippen LogP contribution in [-0.4, -0.2) is 12.9 Å². The van der Waals surface area contributed by atoms with Crippen LogP contribution in [0.2, 0.25) is 0 Å². The minimum Gasteiger partial charge on any atom is -0.496 e. The van der Waals surface area contributed by atoms with Crippen molar-refractivity contribution >= 4 is 5.78 Å². The number of Topliss-reactive ketones (excluding diaryl/α,β-unsaturated/α-hetero) is 1. The van der Waals surface area contributed by atoms with Gasteiger partial charge in [0.15, 0.2) is 0 Å². The highest BCUT2D eigenvalue weighted by Crippen LogP contribution is 2.50. The van der Waals surface area contributed by atoms with Gasteiger partial charge in [-0.3, -0.25) is 4.79 Å². The molecule has 0 heterocycles. The summed E-state index contributed by atoms with van der Waals surface area (Å²) >= 11 is 0. The minimum atomic E-state index is -0.208. The van der Waals surface area contributed by atoms with Gasteiger partial charge in [0.05, 0.1) is 12.5 Å². The Bertz CT molecular complexity index is 442. The van der Waals surface area contributed by atoms with E-state index in [1.54, 1.807) is 7.11 Å². The van der Waals surface area contributed by atoms with Crippen molar-refractivity contribution in [3.63, 3.8) is 0 Å². The van der Waals surface area contributed by atoms with Crippen molar-refractivity contribution in [3.8, 4) is 5.75 Å². The first-order valence-electron chi connectivity index (χ1n) is 6.47. The Labute approximate surface area is 102 Å². The van der Waals surface area contributed by atoms with Gasteiger partial charge in [-0.05, 0) is 30.9 Å². The highest BCUT2D eigenvalue weighted by Gasteiger charge is 2.47. The van der Waals surface area contributed by atoms with Gasteiger partial charge in [-0.1, -0.05) is 25.0 Å². The number of benzene rings is 1. The van der Waals surface area contributed by atoms with E-state index in [4.69, 9.17) is 4.74 Å². The summed E-state index contributed by atoms with van der Waals surface area (Å²) in [4.78, 5) is 12.4. The van der Waals surface area contributed by atoms with Crippen LogP contribution in [0, 0.1) is 0 Å². The van der Waals surface area contributed by atoms with Crippen molar-refractivity contribution in [2.45, 2.75) is 43.9 Å². The number of rotatable bonds is 1. The number of ketones is 1. The van der Waals surface area contributed by atoms with E-state index < -0.39 is 0 Å². The molecule has 0 amide bonds. The summed E-state index contributed by atoms with van der Waals surface area (Å²) in [7, 11) is 1.71. The van der Waals surface area contributed by atoms with E-state index in [1.165, 1.54) is 24.0 Å². The van der Waals surface area contributed by atoms with Crippen LogP contribution in [-0.2, 0) is 16.6 Å². The molecule has 0 unspecified atom stereocenters. The second kappa shape index (κ2) is 3.86. The maximum absolute atomic E-state index is 12.4. The first-order chi connectivity index (χ1) is 8.28. The zero-order chi connectivity index (χ0) is 11.9. The van der Waals surface area contributed by atoms with Gasteiger partial charge in [0, 0.05) is 12.0 Å². The summed E-state index contributed by atoms with van der Waals surface area (Å²) in [5.74, 6) is 1.35. The number of carbonyl (C=O) groups is 1. The summed E-state index contributed by atoms with van der Waals surface area (Å²) in [6, 6.07) is 6.19. The second-order valence-electron chi connectivity index (χ2n) is 5.21. The van der Waals surface area contributed by atoms with Gasteiger partial charge in [-0.25, -0.2) is 0 Å². The number of carbonyl (C=O) groups excluding carboxylic acids is 1. The van der Waals surface area contributed by atoms with Crippen LogP contribution in [0.15, 0.2) is 18.2 Å². The van der Waals surface area contributed by atoms with Gasteiger partial charge in [-0.2, -0.15) is 0 Å². The van der Waals surface area contributed by atoms with Crippen LogP contribution in [0.4, 0.5) is 0 Å². The Morgan fingerprint density at radius 1 is 1.18 bits per heavy atom. The third-order valence-electron chi connectivity index (χ3n) is 4.42. The van der Waals surface area contributed by atoms with Crippen molar-refractivity contribution in [2.24, 2.45) is 0 Å². The molecule has 2 aliphatic carbocycles. The highest BCUT2D eigenvalue weighted by atomic mass is 16.5. The quantitative estimate of drug-likeness (QED) is 0.741. The normalized spacial score (nSPS) is 21.6. The molecule has 1 spiro atoms. The van der Waals surface area contributed by atoms with Crippen LogP contribution in [0.25, 0.3) is 0 Å². The van der Waals surface area contributed by atoms with Gasteiger partial charge in [0.2, 0.25) is 0 Å². The molecule has 90 valence electrons. The zero-order valence-corrected chi connectivity index (χ0v) is 10.3. The number of hydrogen-bond donors (Lipinski definition) is 0. The van der Waals surface area contributed by atoms with Crippen molar-refractivity contribution in [1.29, 1.82) is 0 Å². The molecule has 0 saturated heterocycles. The Morgan fingerprint density at radius 3 is 2.65 bits per heavy atom. The molecule has 0 N–H and O–H groups in total. The molecule has 1 saturated carbocycles. The van der Waals surface area contributed by atoms with Gasteiger partial charge in [0.25, 0.3) is 0 Å². The van der Waals surface area contributed by atoms with Crippen LogP contribution < -0.4 is 4.74 Å². The summed E-state index contributed by atoms with van der Waals surface area (Å²) in [6.45, 7) is 0. The van der Waals surface area contributed by atoms with E-state index in [0.717, 1.165) is 25.0 Å². The van der Waals surface area contributed by atoms with Gasteiger partial charge in [0.1, 0.15) is 11.5 Å². The molecule has 0 atom stereocenters. The molecular weight excluding hydrogens is 212 g/mol. The number of ether oxygens (including phenoxy) is 1. The van der Waals surface area contributed by atoms with Gasteiger partial charge < -0.3 is 4.74 Å². The number of methoxy groups -OCH3 is 1. The molecule has 0 aliphatic heterocycles. The summed E-state index contributed by atoms with van der Waals surface area (Å²) in [5, 5.41) is 0. The van der Waals surface area contributed by atoms with Crippen molar-refractivity contribution in [3.05, 3.63) is 29.3 Å². The highest BCUT2D eigenvalue weighted by molar-refractivity contribution is 5.93. The number of fused-ring (bicyclic) bond motifs is 2. The van der Waals surface area contributed by atoms with E-state index in [2.05, 4.69) is 6.07 Å². The predicted octanol–water partition coefficient (Wildman–Crippen LogP) is 3.02. The average Bonchev–Trinajstić information content (AvgIpc) is 2.84. The molecule has 0 bridgehead atoms. The summed E-state index contributed by atoms with van der Waals surface area (Å²) in [5.41, 5.74) is 2.32. The van der Waals surface area contributed by atoms with Crippen LogP contribution in [0.1, 0.15) is 43.2 Å². The van der Waals surface area contributed by atoms with Gasteiger partial charge >= 0.3 is 0 Å². The lowest BCUT2D eigenvalue weighted by Crippen LogP contribution is -2.38. The fourth-order valence-corrected chi connectivity index (χ4v) is 3.63. The van der Waals surface area contributed by atoms with Crippen molar-refractivity contribution in [1.82, 2.24) is 0 Å². The number of aryl methyl sites for hydroxylation is 1. The molecule has 1 aromatic carbocycles. The molecule has 2 heteroatoms. The average molecular weight is 230 g/mol. The Morgan fingerprint density at radius 2 is 1.94 bits per heavy atom. The third-order valence-corrected chi connectivity index (χ3v) is 4.42. The maximum atomic E-state index is 12.4. The van der Waals surface area contributed by atoms with Crippen molar-refractivity contribution < 1.29 is 9.53 Å². The Hall–Kier alpha value is -1.31. The lowest BCUT2D eigenvalue weighted by Gasteiger charge is -2.35. The largest absolute Gasteiger partial charge is 0.496 e. The van der Waals surface area contributed by atoms with E-state index in [0.29, 0.717) is 12.2 Å². The molecule has 1 aromatic rings. The first-order valence-corrected chi connectivity index (χ1v) is 6.47. The van der Waals surface area contributed by atoms with Crippen molar-refractivity contribution in [2.75, 3.05) is 7.11 Å². The SMILES string of the molecule is COc1cccc2c1C1(CCCC1)C(=O)CC2. The van der Waals surface area contributed by atoms with E-state index >= 15 is 0 Å². The molecule has 1 fully saturated rings. The predicted molar refractivity (Wildman–Crippen MR) is 66.5 cm³/mol. The minimum absolute atomic E-state index is 0.208. The third kappa shape index (κ3) is 1.43. The molecule has 0 aromatic heterocycles. The summed E-state index contributed by atoms with van der Waals surface area (Å²) < 4.78 is 5.50. The molecule has 0 radical (unpaired) electrons. The topological polar surface area (TPSA) is 26.3 Å². The monoisotopic (exact) mass is 230 g/mol. The molecule has 3 rings (SSSR count). The lowest BCUT2D eigenvalue weighted by atomic mass is 9.67. The molecule has 2 nitrogen and oxygen atoms in total. The lowest BCUT2D eigenvalue weighted by molar-refractivity contribution is -0.125. The fraction of sp³-hybridized carbons (Fsp3) is 0.533. The molecular formula is C15H18O2. The van der Waals surface area contributed by atoms with Crippen LogP contribution in [0.5, 0.6) is 5.75 Å². The molecule has 2 aliphatic rings. The van der Waals surface area contributed by atoms with Crippen LogP contribution >= 0.6 is 0 Å². The van der Waals surface area contributed by atoms with Crippen LogP contribution in [0.3, 0.4) is 0 Å². The zero-order valence-electron chi connectivity index (χ0n) is 10.3. The smallest absolute Gasteiger partial charge is 0.143 e. The second-order valence-corrected chi connectivity index (χ2v) is 5.21. The summed E-state index contributed by atoms with van der Waals surface area (Å²) in [6.07, 6.45) is 5.96. The van der Waals surface area contributed by atoms with Gasteiger partial charge in [-0.15, -0.1) is 0 Å². The maximum Gasteiger partial charge on any atom is 0.143 e. The molecule has 17 heavy (non-hydrogen) atoms. The standard InChI is InChI=1S/C15H18O2/c1-17-12-6-4-5-11-7-8-13(16)15(14(11)12)9-2-3-10-15/h4-6H,2-3,7-10H2,1H3. The Kier molecular flexibility index (Phi) is 2.46. The first kappa shape index (κ1) is 10.8. The van der Waals surface area contributed by atoms with E-state index in [1.807, 2.05) is 12.1 Å².